The van der Waals surface area contributed by atoms with Crippen molar-refractivity contribution in [3.05, 3.63) is 59.5 Å². The first-order chi connectivity index (χ1) is 11.2. The van der Waals surface area contributed by atoms with Gasteiger partial charge in [-0.1, -0.05) is 30.3 Å². The average molecular weight is 314 g/mol. The number of hydrogen-bond acceptors (Lipinski definition) is 5. The number of furan rings is 1. The Kier molecular flexibility index (Phi) is 4.79. The molecule has 23 heavy (non-hydrogen) atoms. The standard InChI is InChI=1S/C18H22N2O3/c1-22-18(21)17-8-7-15(23-17)11-20-10-14(9-19)16(12-20)13-5-3-2-4-6-13/h2-8,14,16H,9-12,19H2,1H3/t14-,16+/m1/s1. The van der Waals surface area contributed by atoms with E-state index in [1.165, 1.54) is 12.7 Å². The molecule has 2 aromatic rings. The Hall–Kier alpha value is -2.11. The van der Waals surface area contributed by atoms with Crippen LogP contribution < -0.4 is 5.73 Å². The minimum atomic E-state index is -0.445. The van der Waals surface area contributed by atoms with Crippen LogP contribution in [0.3, 0.4) is 0 Å². The number of carbonyl (C=O) groups is 1. The summed E-state index contributed by atoms with van der Waals surface area (Å²) in [7, 11) is 1.35. The normalized spacial score (nSPS) is 21.5. The molecule has 0 aliphatic carbocycles. The Labute approximate surface area is 136 Å². The van der Waals surface area contributed by atoms with Crippen molar-refractivity contribution in [1.29, 1.82) is 0 Å². The van der Waals surface area contributed by atoms with E-state index < -0.39 is 5.97 Å². The molecule has 1 saturated heterocycles. The zero-order chi connectivity index (χ0) is 16.2. The third-order valence-electron chi connectivity index (χ3n) is 4.47. The van der Waals surface area contributed by atoms with E-state index in [1.54, 1.807) is 6.07 Å². The fourth-order valence-corrected chi connectivity index (χ4v) is 3.30. The number of hydrogen-bond donors (Lipinski definition) is 1. The molecular weight excluding hydrogens is 292 g/mol. The van der Waals surface area contributed by atoms with Crippen LogP contribution >= 0.6 is 0 Å². The van der Waals surface area contributed by atoms with E-state index in [0.29, 0.717) is 24.9 Å². The lowest BCUT2D eigenvalue weighted by atomic mass is 9.89. The summed E-state index contributed by atoms with van der Waals surface area (Å²) in [5, 5.41) is 0. The minimum absolute atomic E-state index is 0.247. The summed E-state index contributed by atoms with van der Waals surface area (Å²) in [6.45, 7) is 3.23. The van der Waals surface area contributed by atoms with Crippen LogP contribution in [0.15, 0.2) is 46.9 Å². The van der Waals surface area contributed by atoms with E-state index in [4.69, 9.17) is 10.2 Å². The van der Waals surface area contributed by atoms with Gasteiger partial charge in [-0.2, -0.15) is 0 Å². The summed E-state index contributed by atoms with van der Waals surface area (Å²) in [6.07, 6.45) is 0. The Balaban J connectivity index is 1.68. The molecule has 1 aliphatic heterocycles. The van der Waals surface area contributed by atoms with Gasteiger partial charge in [0.2, 0.25) is 5.76 Å². The molecule has 1 fully saturated rings. The molecule has 0 amide bonds. The third-order valence-corrected chi connectivity index (χ3v) is 4.47. The lowest BCUT2D eigenvalue weighted by Gasteiger charge is -2.16. The van der Waals surface area contributed by atoms with E-state index in [1.807, 2.05) is 12.1 Å². The molecule has 122 valence electrons. The van der Waals surface area contributed by atoms with E-state index >= 15 is 0 Å². The van der Waals surface area contributed by atoms with Crippen molar-refractivity contribution >= 4 is 5.97 Å². The predicted octanol–water partition coefficient (Wildman–Crippen LogP) is 2.24. The second kappa shape index (κ2) is 6.98. The molecule has 0 spiro atoms. The minimum Gasteiger partial charge on any atom is -0.463 e. The van der Waals surface area contributed by atoms with E-state index in [0.717, 1.165) is 18.8 Å². The molecule has 2 heterocycles. The van der Waals surface area contributed by atoms with Crippen molar-refractivity contribution < 1.29 is 13.9 Å². The number of rotatable bonds is 5. The Bertz CT molecular complexity index is 653. The van der Waals surface area contributed by atoms with Crippen LogP contribution in [0, 0.1) is 5.92 Å². The number of nitrogens with two attached hydrogens (primary N) is 1. The van der Waals surface area contributed by atoms with Crippen molar-refractivity contribution in [2.24, 2.45) is 11.7 Å². The highest BCUT2D eigenvalue weighted by Gasteiger charge is 2.33. The number of nitrogens with zero attached hydrogens (tertiary/aromatic N) is 1. The van der Waals surface area contributed by atoms with Gasteiger partial charge in [0.15, 0.2) is 0 Å². The SMILES string of the molecule is COC(=O)c1ccc(CN2C[C@@H](CN)[C@H](c3ccccc3)C2)o1. The molecule has 2 atom stereocenters. The van der Waals surface area contributed by atoms with Gasteiger partial charge in [-0.15, -0.1) is 0 Å². The fourth-order valence-electron chi connectivity index (χ4n) is 3.30. The Morgan fingerprint density at radius 1 is 1.26 bits per heavy atom. The van der Waals surface area contributed by atoms with E-state index in [-0.39, 0.29) is 5.76 Å². The van der Waals surface area contributed by atoms with Gasteiger partial charge in [0.05, 0.1) is 13.7 Å². The van der Waals surface area contributed by atoms with Gasteiger partial charge in [0.25, 0.3) is 0 Å². The summed E-state index contributed by atoms with van der Waals surface area (Å²) in [4.78, 5) is 13.8. The van der Waals surface area contributed by atoms with Crippen LogP contribution in [-0.4, -0.2) is 37.6 Å². The second-order valence-corrected chi connectivity index (χ2v) is 5.96. The molecule has 1 aliphatic rings. The smallest absolute Gasteiger partial charge is 0.373 e. The number of carbonyl (C=O) groups excluding carboxylic acids is 1. The molecule has 0 unspecified atom stereocenters. The second-order valence-electron chi connectivity index (χ2n) is 5.96. The molecule has 3 rings (SSSR count). The van der Waals surface area contributed by atoms with Crippen LogP contribution in [0.4, 0.5) is 0 Å². The van der Waals surface area contributed by atoms with Crippen LogP contribution in [0.5, 0.6) is 0 Å². The molecule has 0 saturated carbocycles. The lowest BCUT2D eigenvalue weighted by molar-refractivity contribution is 0.0561. The first-order valence-corrected chi connectivity index (χ1v) is 7.85. The topological polar surface area (TPSA) is 68.7 Å². The Morgan fingerprint density at radius 3 is 2.74 bits per heavy atom. The lowest BCUT2D eigenvalue weighted by Crippen LogP contribution is -2.23. The van der Waals surface area contributed by atoms with Gasteiger partial charge in [-0.05, 0) is 30.2 Å². The summed E-state index contributed by atoms with van der Waals surface area (Å²) >= 11 is 0. The number of benzene rings is 1. The van der Waals surface area contributed by atoms with E-state index in [2.05, 4.69) is 33.9 Å². The zero-order valence-electron chi connectivity index (χ0n) is 13.3. The molecule has 0 radical (unpaired) electrons. The molecule has 5 nitrogen and oxygen atoms in total. The summed E-state index contributed by atoms with van der Waals surface area (Å²) < 4.78 is 10.2. The van der Waals surface area contributed by atoms with Crippen molar-refractivity contribution in [2.45, 2.75) is 12.5 Å². The van der Waals surface area contributed by atoms with Crippen molar-refractivity contribution in [3.63, 3.8) is 0 Å². The number of esters is 1. The highest BCUT2D eigenvalue weighted by atomic mass is 16.5. The van der Waals surface area contributed by atoms with E-state index in [9.17, 15) is 4.79 Å². The number of methoxy groups -OCH3 is 1. The van der Waals surface area contributed by atoms with Gasteiger partial charge in [-0.3, -0.25) is 4.90 Å². The first-order valence-electron chi connectivity index (χ1n) is 7.85. The molecule has 2 N–H and O–H groups in total. The molecular formula is C18H22N2O3. The van der Waals surface area contributed by atoms with Crippen LogP contribution in [0.25, 0.3) is 0 Å². The molecule has 0 bridgehead atoms. The van der Waals surface area contributed by atoms with Gasteiger partial charge < -0.3 is 14.9 Å². The predicted molar refractivity (Wildman–Crippen MR) is 87.1 cm³/mol. The summed E-state index contributed by atoms with van der Waals surface area (Å²) in [6, 6.07) is 14.0. The summed E-state index contributed by atoms with van der Waals surface area (Å²) in [5.74, 6) is 1.45. The van der Waals surface area contributed by atoms with Gasteiger partial charge in [0.1, 0.15) is 5.76 Å². The maximum Gasteiger partial charge on any atom is 0.373 e. The summed E-state index contributed by atoms with van der Waals surface area (Å²) in [5.41, 5.74) is 7.30. The molecule has 5 heteroatoms. The third kappa shape index (κ3) is 3.46. The van der Waals surface area contributed by atoms with Crippen molar-refractivity contribution in [1.82, 2.24) is 4.90 Å². The molecule has 1 aromatic carbocycles. The highest BCUT2D eigenvalue weighted by Crippen LogP contribution is 2.32. The quantitative estimate of drug-likeness (QED) is 0.857. The largest absolute Gasteiger partial charge is 0.463 e. The Morgan fingerprint density at radius 2 is 2.04 bits per heavy atom. The van der Waals surface area contributed by atoms with Crippen molar-refractivity contribution in [2.75, 3.05) is 26.7 Å². The van der Waals surface area contributed by atoms with Gasteiger partial charge in [-0.25, -0.2) is 4.79 Å². The molecule has 1 aromatic heterocycles. The van der Waals surface area contributed by atoms with Gasteiger partial charge >= 0.3 is 5.97 Å². The van der Waals surface area contributed by atoms with Crippen molar-refractivity contribution in [3.8, 4) is 0 Å². The fraction of sp³-hybridized carbons (Fsp3) is 0.389. The number of ether oxygens (including phenoxy) is 1. The van der Waals surface area contributed by atoms with Gasteiger partial charge in [0, 0.05) is 19.0 Å². The highest BCUT2D eigenvalue weighted by molar-refractivity contribution is 5.86. The maximum absolute atomic E-state index is 11.5. The zero-order valence-corrected chi connectivity index (χ0v) is 13.3. The number of likely N-dealkylation sites (tertiary alicyclic amines) is 1. The average Bonchev–Trinajstić information content (AvgIpc) is 3.22. The van der Waals surface area contributed by atoms with Crippen LogP contribution in [-0.2, 0) is 11.3 Å². The maximum atomic E-state index is 11.5. The monoisotopic (exact) mass is 314 g/mol. The van der Waals surface area contributed by atoms with Crippen LogP contribution in [0.1, 0.15) is 27.8 Å². The van der Waals surface area contributed by atoms with Crippen LogP contribution in [0.2, 0.25) is 0 Å². The first kappa shape index (κ1) is 15.8.